The molecule has 0 spiro atoms. The molecule has 0 aliphatic carbocycles. The first kappa shape index (κ1) is 16.3. The van der Waals surface area contributed by atoms with E-state index in [1.807, 2.05) is 32.9 Å². The summed E-state index contributed by atoms with van der Waals surface area (Å²) in [5.74, 6) is 0. The van der Waals surface area contributed by atoms with Gasteiger partial charge in [-0.2, -0.15) is 0 Å². The van der Waals surface area contributed by atoms with E-state index in [1.54, 1.807) is 10.8 Å². The maximum atomic E-state index is 12.3. The fraction of sp³-hybridized carbons (Fsp3) is 0.286. The number of aromatic nitrogens is 1. The second-order valence-corrected chi connectivity index (χ2v) is 6.95. The smallest absolute Gasteiger partial charge is 0.418 e. The first-order valence-corrected chi connectivity index (χ1v) is 8.32. The minimum absolute atomic E-state index is 0.348. The molecular formula is C21H23NO2. The van der Waals surface area contributed by atoms with Crippen LogP contribution in [0.5, 0.6) is 0 Å². The van der Waals surface area contributed by atoms with Crippen LogP contribution in [0.15, 0.2) is 54.7 Å². The van der Waals surface area contributed by atoms with Crippen molar-refractivity contribution < 1.29 is 9.53 Å². The fourth-order valence-corrected chi connectivity index (χ4v) is 2.89. The van der Waals surface area contributed by atoms with Crippen LogP contribution in [-0.4, -0.2) is 16.3 Å². The highest BCUT2D eigenvalue weighted by Crippen LogP contribution is 2.28. The number of benzene rings is 2. The van der Waals surface area contributed by atoms with Crippen LogP contribution in [0.3, 0.4) is 0 Å². The highest BCUT2D eigenvalue weighted by atomic mass is 16.6. The lowest BCUT2D eigenvalue weighted by Crippen LogP contribution is -2.26. The Morgan fingerprint density at radius 3 is 2.54 bits per heavy atom. The number of ether oxygens (including phenoxy) is 1. The van der Waals surface area contributed by atoms with Gasteiger partial charge >= 0.3 is 6.09 Å². The quantitative estimate of drug-likeness (QED) is 0.610. The Kier molecular flexibility index (Phi) is 4.18. The molecule has 0 saturated carbocycles. The molecule has 1 aromatic heterocycles. The molecule has 0 amide bonds. The molecule has 3 heteroatoms. The average Bonchev–Trinajstić information content (AvgIpc) is 2.96. The molecule has 3 aromatic rings. The van der Waals surface area contributed by atoms with Crippen molar-refractivity contribution in [3.8, 4) is 11.1 Å². The SMILES string of the molecule is CCc1ccccc1-c1ccc2c(ccn2C(=O)OC(C)(C)C)c1. The third-order valence-electron chi connectivity index (χ3n) is 3.99. The fourth-order valence-electron chi connectivity index (χ4n) is 2.89. The molecule has 3 rings (SSSR count). The van der Waals surface area contributed by atoms with Crippen molar-refractivity contribution in [2.24, 2.45) is 0 Å². The van der Waals surface area contributed by atoms with Crippen molar-refractivity contribution in [1.29, 1.82) is 0 Å². The van der Waals surface area contributed by atoms with E-state index in [0.29, 0.717) is 0 Å². The molecule has 0 atom stereocenters. The molecule has 1 heterocycles. The van der Waals surface area contributed by atoms with Gasteiger partial charge in [0.2, 0.25) is 0 Å². The van der Waals surface area contributed by atoms with Gasteiger partial charge in [-0.25, -0.2) is 4.79 Å². The van der Waals surface area contributed by atoms with E-state index in [4.69, 9.17) is 4.74 Å². The lowest BCUT2D eigenvalue weighted by Gasteiger charge is -2.19. The van der Waals surface area contributed by atoms with E-state index in [2.05, 4.69) is 43.3 Å². The Morgan fingerprint density at radius 2 is 1.83 bits per heavy atom. The van der Waals surface area contributed by atoms with Crippen molar-refractivity contribution in [3.63, 3.8) is 0 Å². The number of carbonyl (C=O) groups is 1. The van der Waals surface area contributed by atoms with E-state index < -0.39 is 5.60 Å². The minimum Gasteiger partial charge on any atom is -0.443 e. The summed E-state index contributed by atoms with van der Waals surface area (Å²) in [6, 6.07) is 16.6. The summed E-state index contributed by atoms with van der Waals surface area (Å²) in [6.45, 7) is 7.78. The number of fused-ring (bicyclic) bond motifs is 1. The summed E-state index contributed by atoms with van der Waals surface area (Å²) >= 11 is 0. The van der Waals surface area contributed by atoms with Crippen LogP contribution in [0.25, 0.3) is 22.0 Å². The first-order chi connectivity index (χ1) is 11.4. The van der Waals surface area contributed by atoms with Crippen LogP contribution < -0.4 is 0 Å². The van der Waals surface area contributed by atoms with E-state index in [9.17, 15) is 4.79 Å². The molecular weight excluding hydrogens is 298 g/mol. The highest BCUT2D eigenvalue weighted by Gasteiger charge is 2.19. The first-order valence-electron chi connectivity index (χ1n) is 8.32. The molecule has 0 aliphatic heterocycles. The van der Waals surface area contributed by atoms with Gasteiger partial charge in [0.25, 0.3) is 0 Å². The number of rotatable bonds is 2. The zero-order valence-electron chi connectivity index (χ0n) is 14.7. The molecule has 0 N–H and O–H groups in total. The normalized spacial score (nSPS) is 11.7. The molecule has 24 heavy (non-hydrogen) atoms. The van der Waals surface area contributed by atoms with Gasteiger partial charge in [-0.1, -0.05) is 37.3 Å². The Hall–Kier alpha value is -2.55. The van der Waals surface area contributed by atoms with Crippen molar-refractivity contribution >= 4 is 17.0 Å². The minimum atomic E-state index is -0.506. The molecule has 0 bridgehead atoms. The lowest BCUT2D eigenvalue weighted by molar-refractivity contribution is 0.0544. The zero-order chi connectivity index (χ0) is 17.3. The van der Waals surface area contributed by atoms with Crippen LogP contribution in [0, 0.1) is 0 Å². The monoisotopic (exact) mass is 321 g/mol. The number of aryl methyl sites for hydroxylation is 1. The summed E-state index contributed by atoms with van der Waals surface area (Å²) in [5, 5.41) is 1.03. The second kappa shape index (κ2) is 6.16. The number of nitrogens with zero attached hydrogens (tertiary/aromatic N) is 1. The van der Waals surface area contributed by atoms with Gasteiger partial charge < -0.3 is 4.74 Å². The van der Waals surface area contributed by atoms with Gasteiger partial charge in [-0.3, -0.25) is 4.57 Å². The molecule has 124 valence electrons. The number of hydrogen-bond donors (Lipinski definition) is 0. The molecule has 2 aromatic carbocycles. The largest absolute Gasteiger partial charge is 0.443 e. The van der Waals surface area contributed by atoms with Crippen molar-refractivity contribution in [2.45, 2.75) is 39.7 Å². The van der Waals surface area contributed by atoms with Crippen LogP contribution in [0.2, 0.25) is 0 Å². The van der Waals surface area contributed by atoms with Crippen molar-refractivity contribution in [3.05, 3.63) is 60.3 Å². The van der Waals surface area contributed by atoms with Crippen molar-refractivity contribution in [1.82, 2.24) is 4.57 Å². The predicted octanol–water partition coefficient (Wildman–Crippen LogP) is 5.65. The Morgan fingerprint density at radius 1 is 1.08 bits per heavy atom. The Bertz CT molecular complexity index is 884. The number of carbonyl (C=O) groups excluding carboxylic acids is 1. The van der Waals surface area contributed by atoms with Crippen LogP contribution in [-0.2, 0) is 11.2 Å². The summed E-state index contributed by atoms with van der Waals surface area (Å²) in [4.78, 5) is 12.3. The van der Waals surface area contributed by atoms with Crippen LogP contribution >= 0.6 is 0 Å². The standard InChI is InChI=1S/C21H23NO2/c1-5-15-8-6-7-9-18(15)16-10-11-19-17(14-16)12-13-22(19)20(23)24-21(2,3)4/h6-14H,5H2,1-4H3. The molecule has 3 nitrogen and oxygen atoms in total. The van der Waals surface area contributed by atoms with Gasteiger partial charge in [-0.15, -0.1) is 0 Å². The lowest BCUT2D eigenvalue weighted by atomic mass is 9.97. The summed E-state index contributed by atoms with van der Waals surface area (Å²) in [7, 11) is 0. The molecule has 0 unspecified atom stereocenters. The van der Waals surface area contributed by atoms with Gasteiger partial charge in [0.1, 0.15) is 5.60 Å². The third kappa shape index (κ3) is 3.21. The average molecular weight is 321 g/mol. The van der Waals surface area contributed by atoms with E-state index in [-0.39, 0.29) is 6.09 Å². The molecule has 0 radical (unpaired) electrons. The predicted molar refractivity (Wildman–Crippen MR) is 98.4 cm³/mol. The van der Waals surface area contributed by atoms with E-state index >= 15 is 0 Å². The Balaban J connectivity index is 2.01. The van der Waals surface area contributed by atoms with Gasteiger partial charge in [0.15, 0.2) is 0 Å². The third-order valence-corrected chi connectivity index (χ3v) is 3.99. The Labute approximate surface area is 142 Å². The van der Waals surface area contributed by atoms with E-state index in [1.165, 1.54) is 16.7 Å². The maximum absolute atomic E-state index is 12.3. The van der Waals surface area contributed by atoms with Gasteiger partial charge in [-0.05, 0) is 62.1 Å². The summed E-state index contributed by atoms with van der Waals surface area (Å²) in [6.07, 6.45) is 2.42. The van der Waals surface area contributed by atoms with Gasteiger partial charge in [0.05, 0.1) is 5.52 Å². The summed E-state index contributed by atoms with van der Waals surface area (Å²) in [5.41, 5.74) is 4.09. The van der Waals surface area contributed by atoms with E-state index in [0.717, 1.165) is 17.3 Å². The van der Waals surface area contributed by atoms with Crippen LogP contribution in [0.1, 0.15) is 33.3 Å². The zero-order valence-corrected chi connectivity index (χ0v) is 14.7. The topological polar surface area (TPSA) is 31.2 Å². The molecule has 0 aliphatic rings. The van der Waals surface area contributed by atoms with Crippen LogP contribution in [0.4, 0.5) is 4.79 Å². The van der Waals surface area contributed by atoms with Gasteiger partial charge in [0, 0.05) is 11.6 Å². The highest BCUT2D eigenvalue weighted by molar-refractivity contribution is 5.92. The second-order valence-electron chi connectivity index (χ2n) is 6.95. The molecule has 0 saturated heterocycles. The summed E-state index contributed by atoms with van der Waals surface area (Å²) < 4.78 is 7.03. The number of hydrogen-bond acceptors (Lipinski definition) is 2. The maximum Gasteiger partial charge on any atom is 0.418 e. The van der Waals surface area contributed by atoms with Crippen molar-refractivity contribution in [2.75, 3.05) is 0 Å². The molecule has 0 fully saturated rings.